The topological polar surface area (TPSA) is 29.1 Å². The van der Waals surface area contributed by atoms with Crippen LogP contribution in [0.2, 0.25) is 5.02 Å². The van der Waals surface area contributed by atoms with Crippen LogP contribution in [0.4, 0.5) is 0 Å². The zero-order valence-electron chi connectivity index (χ0n) is 14.0. The van der Waals surface area contributed by atoms with Gasteiger partial charge in [0, 0.05) is 16.5 Å². The average Bonchev–Trinajstić information content (AvgIpc) is 2.65. The average molecular weight is 370 g/mol. The molecule has 0 aromatic heterocycles. The van der Waals surface area contributed by atoms with E-state index < -0.39 is 0 Å². The van der Waals surface area contributed by atoms with Crippen molar-refractivity contribution in [3.05, 3.63) is 77.3 Å². The first-order valence-electron chi connectivity index (χ1n) is 8.34. The van der Waals surface area contributed by atoms with Crippen LogP contribution >= 0.6 is 23.4 Å². The highest BCUT2D eigenvalue weighted by molar-refractivity contribution is 8.00. The summed E-state index contributed by atoms with van der Waals surface area (Å²) in [5, 5.41) is 6.06. The van der Waals surface area contributed by atoms with E-state index >= 15 is 0 Å². The summed E-state index contributed by atoms with van der Waals surface area (Å²) in [6.45, 7) is 2.57. The van der Waals surface area contributed by atoms with Crippen LogP contribution < -0.4 is 5.32 Å². The molecule has 0 aliphatic rings. The van der Waals surface area contributed by atoms with E-state index in [0.29, 0.717) is 11.6 Å². The third-order valence-corrected chi connectivity index (χ3v) is 5.72. The molecule has 0 bridgehead atoms. The fourth-order valence-electron chi connectivity index (χ4n) is 2.74. The van der Waals surface area contributed by atoms with Gasteiger partial charge in [-0.05, 0) is 47.0 Å². The lowest BCUT2D eigenvalue weighted by Gasteiger charge is -2.15. The third-order valence-electron chi connectivity index (χ3n) is 4.09. The van der Waals surface area contributed by atoms with E-state index in [-0.39, 0.29) is 11.2 Å². The van der Waals surface area contributed by atoms with Crippen molar-refractivity contribution in [2.24, 2.45) is 0 Å². The summed E-state index contributed by atoms with van der Waals surface area (Å²) in [6, 6.07) is 22.0. The predicted octanol–water partition coefficient (Wildman–Crippen LogP) is 5.68. The first kappa shape index (κ1) is 17.8. The Balaban J connectivity index is 1.66. The molecule has 1 N–H and O–H groups in total. The van der Waals surface area contributed by atoms with Gasteiger partial charge in [-0.25, -0.2) is 0 Å². The third kappa shape index (κ3) is 4.56. The molecule has 4 heteroatoms. The van der Waals surface area contributed by atoms with E-state index in [1.54, 1.807) is 11.8 Å². The maximum absolute atomic E-state index is 12.6. The number of rotatable bonds is 6. The van der Waals surface area contributed by atoms with Crippen molar-refractivity contribution < 1.29 is 4.79 Å². The summed E-state index contributed by atoms with van der Waals surface area (Å²) >= 11 is 7.49. The quantitative estimate of drug-likeness (QED) is 0.566. The summed E-state index contributed by atoms with van der Waals surface area (Å²) in [6.07, 6.45) is 0.772. The molecule has 1 amide bonds. The van der Waals surface area contributed by atoms with Crippen molar-refractivity contribution in [3.8, 4) is 0 Å². The van der Waals surface area contributed by atoms with Gasteiger partial charge < -0.3 is 5.32 Å². The second-order valence-corrected chi connectivity index (χ2v) is 7.54. The lowest BCUT2D eigenvalue weighted by atomic mass is 10.0. The minimum absolute atomic E-state index is 0.0652. The zero-order valence-corrected chi connectivity index (χ0v) is 15.6. The molecule has 2 nitrogen and oxygen atoms in total. The Morgan fingerprint density at radius 3 is 2.52 bits per heavy atom. The molecule has 0 fully saturated rings. The fourth-order valence-corrected chi connectivity index (χ4v) is 3.85. The second kappa shape index (κ2) is 8.41. The number of benzene rings is 3. The van der Waals surface area contributed by atoms with Gasteiger partial charge >= 0.3 is 0 Å². The maximum atomic E-state index is 12.6. The highest BCUT2D eigenvalue weighted by atomic mass is 35.5. The molecular formula is C21H20ClNOS. The first-order chi connectivity index (χ1) is 12.2. The van der Waals surface area contributed by atoms with Crippen LogP contribution in [-0.4, -0.2) is 11.2 Å². The Hall–Kier alpha value is -1.97. The Morgan fingerprint density at radius 1 is 1.04 bits per heavy atom. The first-order valence-corrected chi connectivity index (χ1v) is 9.59. The summed E-state index contributed by atoms with van der Waals surface area (Å²) in [5.74, 6) is 0.0652. The summed E-state index contributed by atoms with van der Waals surface area (Å²) < 4.78 is 0. The van der Waals surface area contributed by atoms with Crippen molar-refractivity contribution >= 4 is 40.0 Å². The number of fused-ring (bicyclic) bond motifs is 1. The maximum Gasteiger partial charge on any atom is 0.233 e. The minimum atomic E-state index is -0.115. The summed E-state index contributed by atoms with van der Waals surface area (Å²) in [7, 11) is 0. The molecule has 1 atom stereocenters. The van der Waals surface area contributed by atoms with Gasteiger partial charge in [-0.3, -0.25) is 4.79 Å². The molecule has 0 unspecified atom stereocenters. The van der Waals surface area contributed by atoms with Gasteiger partial charge in [0.1, 0.15) is 0 Å². The molecular weight excluding hydrogens is 350 g/mol. The SMILES string of the molecule is CC[C@H](Sc1ccc(Cl)cc1)C(=O)NCc1cccc2ccccc12. The fraction of sp³-hybridized carbons (Fsp3) is 0.190. The lowest BCUT2D eigenvalue weighted by Crippen LogP contribution is -2.31. The number of thioether (sulfide) groups is 1. The number of carbonyl (C=O) groups excluding carboxylic acids is 1. The number of carbonyl (C=O) groups is 1. The van der Waals surface area contributed by atoms with E-state index in [4.69, 9.17) is 11.6 Å². The van der Waals surface area contributed by atoms with Crippen molar-refractivity contribution in [1.29, 1.82) is 0 Å². The van der Waals surface area contributed by atoms with Gasteiger partial charge in [0.05, 0.1) is 5.25 Å². The largest absolute Gasteiger partial charge is 0.351 e. The normalized spacial score (nSPS) is 12.1. The molecule has 0 spiro atoms. The molecule has 0 aliphatic carbocycles. The Labute approximate surface area is 157 Å². The lowest BCUT2D eigenvalue weighted by molar-refractivity contribution is -0.120. The number of nitrogens with one attached hydrogen (secondary N) is 1. The Bertz CT molecular complexity index is 858. The predicted molar refractivity (Wildman–Crippen MR) is 107 cm³/mol. The van der Waals surface area contributed by atoms with E-state index in [9.17, 15) is 4.79 Å². The molecule has 3 aromatic rings. The molecule has 0 saturated carbocycles. The van der Waals surface area contributed by atoms with Gasteiger partial charge in [0.2, 0.25) is 5.91 Å². The van der Waals surface area contributed by atoms with E-state index in [1.807, 2.05) is 49.4 Å². The molecule has 0 saturated heterocycles. The van der Waals surface area contributed by atoms with Gasteiger partial charge in [0.25, 0.3) is 0 Å². The van der Waals surface area contributed by atoms with Crippen LogP contribution in [0.5, 0.6) is 0 Å². The van der Waals surface area contributed by atoms with Gasteiger partial charge in [-0.2, -0.15) is 0 Å². The number of amides is 1. The van der Waals surface area contributed by atoms with Crippen molar-refractivity contribution in [2.45, 2.75) is 30.0 Å². The Kier molecular flexibility index (Phi) is 6.00. The molecule has 0 radical (unpaired) electrons. The minimum Gasteiger partial charge on any atom is -0.351 e. The van der Waals surface area contributed by atoms with E-state index in [2.05, 4.69) is 29.6 Å². The highest BCUT2D eigenvalue weighted by Gasteiger charge is 2.17. The van der Waals surface area contributed by atoms with Gasteiger partial charge in [-0.15, -0.1) is 11.8 Å². The second-order valence-electron chi connectivity index (χ2n) is 5.82. The molecule has 0 heterocycles. The number of hydrogen-bond acceptors (Lipinski definition) is 2. The van der Waals surface area contributed by atoms with Crippen molar-refractivity contribution in [2.75, 3.05) is 0 Å². The van der Waals surface area contributed by atoms with Crippen LogP contribution in [-0.2, 0) is 11.3 Å². The van der Waals surface area contributed by atoms with Crippen molar-refractivity contribution in [1.82, 2.24) is 5.32 Å². The van der Waals surface area contributed by atoms with Crippen LogP contribution in [0.1, 0.15) is 18.9 Å². The number of halogens is 1. The standard InChI is InChI=1S/C21H20ClNOS/c1-2-20(25-18-12-10-17(22)11-13-18)21(24)23-14-16-8-5-7-15-6-3-4-9-19(15)16/h3-13,20H,2,14H2,1H3,(H,23,24)/t20-/m0/s1. The highest BCUT2D eigenvalue weighted by Crippen LogP contribution is 2.27. The summed E-state index contributed by atoms with van der Waals surface area (Å²) in [5.41, 5.74) is 1.14. The zero-order chi connectivity index (χ0) is 17.6. The molecule has 0 aliphatic heterocycles. The number of hydrogen-bond donors (Lipinski definition) is 1. The Morgan fingerprint density at radius 2 is 1.76 bits per heavy atom. The smallest absolute Gasteiger partial charge is 0.233 e. The monoisotopic (exact) mass is 369 g/mol. The van der Waals surface area contributed by atoms with Gasteiger partial charge in [-0.1, -0.05) is 61.0 Å². The van der Waals surface area contributed by atoms with E-state index in [0.717, 1.165) is 16.9 Å². The van der Waals surface area contributed by atoms with Crippen LogP contribution in [0.3, 0.4) is 0 Å². The molecule has 3 rings (SSSR count). The molecule has 128 valence electrons. The van der Waals surface area contributed by atoms with Crippen LogP contribution in [0, 0.1) is 0 Å². The van der Waals surface area contributed by atoms with Crippen molar-refractivity contribution in [3.63, 3.8) is 0 Å². The van der Waals surface area contributed by atoms with Crippen LogP contribution in [0.25, 0.3) is 10.8 Å². The molecule has 3 aromatic carbocycles. The van der Waals surface area contributed by atoms with E-state index in [1.165, 1.54) is 10.8 Å². The van der Waals surface area contributed by atoms with Crippen LogP contribution in [0.15, 0.2) is 71.6 Å². The molecule has 25 heavy (non-hydrogen) atoms. The van der Waals surface area contributed by atoms with Gasteiger partial charge in [0.15, 0.2) is 0 Å². The summed E-state index contributed by atoms with van der Waals surface area (Å²) in [4.78, 5) is 13.6.